The lowest BCUT2D eigenvalue weighted by molar-refractivity contribution is 0.0203. The molecule has 0 bridgehead atoms. The number of pyridine rings is 1. The molecular weight excluding hydrogens is 507 g/mol. The molecule has 1 saturated carbocycles. The predicted molar refractivity (Wildman–Crippen MR) is 134 cm³/mol. The summed E-state index contributed by atoms with van der Waals surface area (Å²) >= 11 is 0. The molecule has 1 aromatic heterocycles. The molecular formula is C23H39IN4O3. The van der Waals surface area contributed by atoms with Gasteiger partial charge in [-0.2, -0.15) is 0 Å². The molecule has 1 aliphatic heterocycles. The highest BCUT2D eigenvalue weighted by Gasteiger charge is 2.17. The van der Waals surface area contributed by atoms with Gasteiger partial charge in [-0.05, 0) is 69.4 Å². The molecule has 0 spiro atoms. The van der Waals surface area contributed by atoms with Gasteiger partial charge in [0.25, 0.3) is 0 Å². The third-order valence-corrected chi connectivity index (χ3v) is 5.61. The summed E-state index contributed by atoms with van der Waals surface area (Å²) in [6.45, 7) is 7.73. The largest absolute Gasteiger partial charge is 0.474 e. The van der Waals surface area contributed by atoms with Crippen LogP contribution >= 0.6 is 24.0 Å². The van der Waals surface area contributed by atoms with E-state index in [-0.39, 0.29) is 24.0 Å². The van der Waals surface area contributed by atoms with Gasteiger partial charge in [0.1, 0.15) is 6.10 Å². The van der Waals surface area contributed by atoms with Crippen molar-refractivity contribution in [1.29, 1.82) is 0 Å². The second-order valence-electron chi connectivity index (χ2n) is 8.13. The number of halogens is 1. The Balaban J connectivity index is 0.00000341. The van der Waals surface area contributed by atoms with Gasteiger partial charge in [-0.3, -0.25) is 0 Å². The summed E-state index contributed by atoms with van der Waals surface area (Å²) in [4.78, 5) is 9.06. The first-order chi connectivity index (χ1) is 14.8. The summed E-state index contributed by atoms with van der Waals surface area (Å²) in [5, 5.41) is 6.70. The smallest absolute Gasteiger partial charge is 0.213 e. The van der Waals surface area contributed by atoms with Crippen LogP contribution in [0.3, 0.4) is 0 Å². The molecule has 0 radical (unpaired) electrons. The summed E-state index contributed by atoms with van der Waals surface area (Å²) in [6, 6.07) is 4.01. The lowest BCUT2D eigenvalue weighted by Crippen LogP contribution is -2.38. The predicted octanol–water partition coefficient (Wildman–Crippen LogP) is 3.91. The summed E-state index contributed by atoms with van der Waals surface area (Å²) in [5.74, 6) is 2.21. The molecule has 2 heterocycles. The maximum Gasteiger partial charge on any atom is 0.213 e. The molecule has 1 aliphatic carbocycles. The van der Waals surface area contributed by atoms with Gasteiger partial charge in [-0.1, -0.05) is 0 Å². The van der Waals surface area contributed by atoms with Crippen LogP contribution in [-0.2, 0) is 16.0 Å². The zero-order chi connectivity index (χ0) is 20.9. The fourth-order valence-electron chi connectivity index (χ4n) is 3.85. The lowest BCUT2D eigenvalue weighted by Gasteiger charge is -2.21. The van der Waals surface area contributed by atoms with Crippen LogP contribution in [0.4, 0.5) is 0 Å². The average Bonchev–Trinajstić information content (AvgIpc) is 3.28. The molecule has 1 saturated heterocycles. The fourth-order valence-corrected chi connectivity index (χ4v) is 3.85. The van der Waals surface area contributed by atoms with Gasteiger partial charge in [0.2, 0.25) is 5.88 Å². The molecule has 2 N–H and O–H groups in total. The number of nitrogens with zero attached hydrogens (tertiary/aromatic N) is 2. The highest BCUT2D eigenvalue weighted by molar-refractivity contribution is 14.0. The number of hydrogen-bond donors (Lipinski definition) is 2. The lowest BCUT2D eigenvalue weighted by atomic mass is 10.0. The highest BCUT2D eigenvalue weighted by atomic mass is 127. The number of nitrogens with one attached hydrogen (secondary N) is 2. The van der Waals surface area contributed by atoms with E-state index in [9.17, 15) is 0 Å². The summed E-state index contributed by atoms with van der Waals surface area (Å²) < 4.78 is 17.2. The van der Waals surface area contributed by atoms with Crippen LogP contribution in [-0.4, -0.2) is 56.6 Å². The van der Waals surface area contributed by atoms with E-state index in [1.54, 1.807) is 0 Å². The molecule has 8 heteroatoms. The van der Waals surface area contributed by atoms with Gasteiger partial charge < -0.3 is 24.8 Å². The van der Waals surface area contributed by atoms with Crippen molar-refractivity contribution in [3.8, 4) is 5.88 Å². The quantitative estimate of drug-likeness (QED) is 0.190. The van der Waals surface area contributed by atoms with E-state index < -0.39 is 0 Å². The van der Waals surface area contributed by atoms with Gasteiger partial charge >= 0.3 is 0 Å². The second kappa shape index (κ2) is 15.6. The van der Waals surface area contributed by atoms with Crippen molar-refractivity contribution in [1.82, 2.24) is 15.6 Å². The molecule has 0 aromatic carbocycles. The Morgan fingerprint density at radius 1 is 1.19 bits per heavy atom. The normalized spacial score (nSPS) is 17.9. The molecule has 0 unspecified atom stereocenters. The molecule has 2 fully saturated rings. The number of aliphatic imine (C=N–C) groups is 1. The summed E-state index contributed by atoms with van der Waals surface area (Å²) in [6.07, 6.45) is 10.1. The van der Waals surface area contributed by atoms with Crippen molar-refractivity contribution in [2.45, 2.75) is 64.5 Å². The van der Waals surface area contributed by atoms with Crippen molar-refractivity contribution in [2.75, 3.05) is 39.5 Å². The average molecular weight is 546 g/mol. The zero-order valence-corrected chi connectivity index (χ0v) is 21.1. The van der Waals surface area contributed by atoms with Gasteiger partial charge in [-0.25, -0.2) is 9.98 Å². The molecule has 3 rings (SSSR count). The first kappa shape index (κ1) is 26.1. The van der Waals surface area contributed by atoms with E-state index in [4.69, 9.17) is 19.2 Å². The van der Waals surface area contributed by atoms with E-state index >= 15 is 0 Å². The molecule has 31 heavy (non-hydrogen) atoms. The Hall–Kier alpha value is -1.13. The third-order valence-electron chi connectivity index (χ3n) is 5.61. The van der Waals surface area contributed by atoms with Gasteiger partial charge in [0.05, 0.1) is 6.54 Å². The maximum atomic E-state index is 6.00. The van der Waals surface area contributed by atoms with Crippen LogP contribution in [0.2, 0.25) is 0 Å². The maximum absolute atomic E-state index is 6.00. The minimum atomic E-state index is 0. The van der Waals surface area contributed by atoms with Crippen LogP contribution < -0.4 is 15.4 Å². The monoisotopic (exact) mass is 546 g/mol. The summed E-state index contributed by atoms with van der Waals surface area (Å²) in [7, 11) is 0. The van der Waals surface area contributed by atoms with Gasteiger partial charge in [0.15, 0.2) is 5.96 Å². The van der Waals surface area contributed by atoms with Crippen LogP contribution in [0, 0.1) is 5.92 Å². The van der Waals surface area contributed by atoms with E-state index in [1.165, 1.54) is 12.8 Å². The van der Waals surface area contributed by atoms with Crippen LogP contribution in [0.25, 0.3) is 0 Å². The Kier molecular flexibility index (Phi) is 13.2. The Morgan fingerprint density at radius 3 is 2.77 bits per heavy atom. The van der Waals surface area contributed by atoms with Gasteiger partial charge in [-0.15, -0.1) is 24.0 Å². The number of rotatable bonds is 11. The highest BCUT2D eigenvalue weighted by Crippen LogP contribution is 2.23. The van der Waals surface area contributed by atoms with Crippen LogP contribution in [0.5, 0.6) is 5.88 Å². The van der Waals surface area contributed by atoms with E-state index in [1.807, 2.05) is 18.3 Å². The first-order valence-electron chi connectivity index (χ1n) is 11.6. The van der Waals surface area contributed by atoms with E-state index in [2.05, 4.69) is 22.5 Å². The topological polar surface area (TPSA) is 77.0 Å². The van der Waals surface area contributed by atoms with Gasteiger partial charge in [0, 0.05) is 51.8 Å². The molecule has 2 aliphatic rings. The Labute approximate surface area is 204 Å². The number of aromatic nitrogens is 1. The fraction of sp³-hybridized carbons (Fsp3) is 0.739. The van der Waals surface area contributed by atoms with E-state index in [0.29, 0.717) is 24.4 Å². The minimum Gasteiger partial charge on any atom is -0.474 e. The van der Waals surface area contributed by atoms with Crippen molar-refractivity contribution in [3.63, 3.8) is 0 Å². The minimum absolute atomic E-state index is 0. The standard InChI is InChI=1S/C23H38N4O3.HI/c1-2-24-23(26-11-5-13-29-18-19-9-14-28-15-10-19)27-17-20-8-12-25-22(16-20)30-21-6-3-4-7-21;/h8,12,16,19,21H,2-7,9-11,13-15,17-18H2,1H3,(H2,24,26,27);1H. The Morgan fingerprint density at radius 2 is 2.00 bits per heavy atom. The van der Waals surface area contributed by atoms with Crippen molar-refractivity contribution < 1.29 is 14.2 Å². The number of ether oxygens (including phenoxy) is 3. The molecule has 0 atom stereocenters. The van der Waals surface area contributed by atoms with Crippen LogP contribution in [0.15, 0.2) is 23.3 Å². The molecule has 7 nitrogen and oxygen atoms in total. The van der Waals surface area contributed by atoms with Crippen LogP contribution in [0.1, 0.15) is 57.4 Å². The third kappa shape index (κ3) is 10.4. The number of guanidine groups is 1. The SMILES string of the molecule is CCNC(=NCc1ccnc(OC2CCCC2)c1)NCCCOCC1CCOCC1.I. The molecule has 1 aromatic rings. The van der Waals surface area contributed by atoms with Crippen molar-refractivity contribution in [2.24, 2.45) is 10.9 Å². The second-order valence-corrected chi connectivity index (χ2v) is 8.13. The summed E-state index contributed by atoms with van der Waals surface area (Å²) in [5.41, 5.74) is 1.11. The van der Waals surface area contributed by atoms with Crippen molar-refractivity contribution >= 4 is 29.9 Å². The Bertz CT molecular complexity index is 635. The first-order valence-corrected chi connectivity index (χ1v) is 11.6. The van der Waals surface area contributed by atoms with E-state index in [0.717, 1.165) is 83.1 Å². The van der Waals surface area contributed by atoms with Crippen molar-refractivity contribution in [3.05, 3.63) is 23.9 Å². The zero-order valence-electron chi connectivity index (χ0n) is 18.8. The number of hydrogen-bond acceptors (Lipinski definition) is 5. The molecule has 0 amide bonds. The molecule has 176 valence electrons.